The normalized spacial score (nSPS) is 10.8. The lowest BCUT2D eigenvalue weighted by Crippen LogP contribution is -2.34. The predicted molar refractivity (Wildman–Crippen MR) is 80.6 cm³/mol. The van der Waals surface area contributed by atoms with Gasteiger partial charge < -0.3 is 4.90 Å². The summed E-state index contributed by atoms with van der Waals surface area (Å²) in [6.07, 6.45) is 0.503. The van der Waals surface area contributed by atoms with E-state index in [1.165, 1.54) is 16.7 Å². The lowest BCUT2D eigenvalue weighted by Gasteiger charge is -2.21. The highest BCUT2D eigenvalue weighted by atomic mass is 32.2. The van der Waals surface area contributed by atoms with Crippen molar-refractivity contribution in [2.75, 3.05) is 18.8 Å². The molecule has 0 aliphatic carbocycles. The summed E-state index contributed by atoms with van der Waals surface area (Å²) in [4.78, 5) is 13.8. The van der Waals surface area contributed by atoms with E-state index in [4.69, 9.17) is 10.5 Å². The van der Waals surface area contributed by atoms with Gasteiger partial charge in [0.15, 0.2) is 0 Å². The zero-order valence-corrected chi connectivity index (χ0v) is 13.8. The summed E-state index contributed by atoms with van der Waals surface area (Å²) < 4.78 is 1.67. The number of nitriles is 2. The van der Waals surface area contributed by atoms with Crippen molar-refractivity contribution in [3.05, 3.63) is 0 Å². The van der Waals surface area contributed by atoms with E-state index in [0.29, 0.717) is 18.2 Å². The number of nitrogens with zero attached hydrogens (tertiary/aromatic N) is 7. The first-order valence-corrected chi connectivity index (χ1v) is 7.82. The Morgan fingerprint density at radius 2 is 1.86 bits per heavy atom. The van der Waals surface area contributed by atoms with Crippen molar-refractivity contribution in [2.45, 2.75) is 44.3 Å². The van der Waals surface area contributed by atoms with Crippen molar-refractivity contribution in [1.29, 1.82) is 10.5 Å². The number of carbonyl (C=O) groups is 1. The molecule has 1 amide bonds. The van der Waals surface area contributed by atoms with Crippen molar-refractivity contribution in [3.8, 4) is 12.1 Å². The number of rotatable bonds is 7. The van der Waals surface area contributed by atoms with Crippen LogP contribution in [0.1, 0.15) is 33.6 Å². The lowest BCUT2D eigenvalue weighted by molar-refractivity contribution is -0.128. The van der Waals surface area contributed by atoms with Gasteiger partial charge in [0.05, 0.1) is 36.3 Å². The Morgan fingerprint density at radius 1 is 1.27 bits per heavy atom. The number of aromatic nitrogens is 4. The molecule has 0 aliphatic rings. The molecule has 0 saturated heterocycles. The maximum absolute atomic E-state index is 12.2. The Balaban J connectivity index is 2.65. The van der Waals surface area contributed by atoms with Crippen LogP contribution in [-0.2, 0) is 10.3 Å². The van der Waals surface area contributed by atoms with Gasteiger partial charge in [-0.15, -0.1) is 5.10 Å². The number of tetrazole rings is 1. The topological polar surface area (TPSA) is 111 Å². The number of hydrogen-bond acceptors (Lipinski definition) is 7. The van der Waals surface area contributed by atoms with E-state index in [1.54, 1.807) is 4.68 Å². The molecule has 0 aromatic carbocycles. The second-order valence-corrected chi connectivity index (χ2v) is 6.47. The van der Waals surface area contributed by atoms with E-state index < -0.39 is 0 Å². The van der Waals surface area contributed by atoms with Gasteiger partial charge in [-0.2, -0.15) is 10.5 Å². The second kappa shape index (κ2) is 8.35. The van der Waals surface area contributed by atoms with Crippen LogP contribution in [0.25, 0.3) is 0 Å². The molecule has 1 aromatic heterocycles. The molecule has 0 unspecified atom stereocenters. The smallest absolute Gasteiger partial charge is 0.233 e. The molecule has 22 heavy (non-hydrogen) atoms. The first-order chi connectivity index (χ1) is 10.4. The zero-order valence-electron chi connectivity index (χ0n) is 13.0. The highest BCUT2D eigenvalue weighted by molar-refractivity contribution is 7.99. The number of carbonyl (C=O) groups excluding carboxylic acids is 1. The molecule has 0 spiro atoms. The molecule has 9 heteroatoms. The Bertz CT molecular complexity index is 560. The van der Waals surface area contributed by atoms with Gasteiger partial charge in [-0.05, 0) is 31.2 Å². The molecular formula is C13H19N7OS. The number of thioether (sulfide) groups is 1. The summed E-state index contributed by atoms with van der Waals surface area (Å²) >= 11 is 1.25. The van der Waals surface area contributed by atoms with Crippen LogP contribution >= 0.6 is 11.8 Å². The van der Waals surface area contributed by atoms with Crippen molar-refractivity contribution in [3.63, 3.8) is 0 Å². The fourth-order valence-electron chi connectivity index (χ4n) is 1.64. The van der Waals surface area contributed by atoms with Crippen LogP contribution < -0.4 is 0 Å². The summed E-state index contributed by atoms with van der Waals surface area (Å²) in [5.74, 6) is 0.0480. The van der Waals surface area contributed by atoms with E-state index in [1.807, 2.05) is 32.9 Å². The standard InChI is InChI=1S/C13H19N7OS/c1-13(2,3)20-12(16-17-18-20)22-10-11(21)19(8-4-6-14)9-5-7-15/h4-5,8-10H2,1-3H3. The fourth-order valence-corrected chi connectivity index (χ4v) is 2.60. The monoisotopic (exact) mass is 321 g/mol. The minimum absolute atomic E-state index is 0.126. The van der Waals surface area contributed by atoms with E-state index >= 15 is 0 Å². The van der Waals surface area contributed by atoms with E-state index in [2.05, 4.69) is 15.5 Å². The third-order valence-corrected chi connectivity index (χ3v) is 3.64. The average molecular weight is 321 g/mol. The van der Waals surface area contributed by atoms with Crippen LogP contribution in [0.3, 0.4) is 0 Å². The lowest BCUT2D eigenvalue weighted by atomic mass is 10.1. The molecule has 1 aromatic rings. The molecule has 0 N–H and O–H groups in total. The highest BCUT2D eigenvalue weighted by Gasteiger charge is 2.21. The molecule has 0 fully saturated rings. The predicted octanol–water partition coefficient (Wildman–Crippen LogP) is 1.18. The molecule has 0 atom stereocenters. The molecule has 0 saturated carbocycles. The molecule has 1 heterocycles. The first kappa shape index (κ1) is 17.9. The van der Waals surface area contributed by atoms with E-state index in [0.717, 1.165) is 0 Å². The van der Waals surface area contributed by atoms with Crippen molar-refractivity contribution in [1.82, 2.24) is 25.1 Å². The molecule has 1 rings (SSSR count). The third-order valence-electron chi connectivity index (χ3n) is 2.74. The minimum Gasteiger partial charge on any atom is -0.340 e. The summed E-state index contributed by atoms with van der Waals surface area (Å²) in [5, 5.41) is 29.4. The van der Waals surface area contributed by atoms with Crippen molar-refractivity contribution in [2.24, 2.45) is 0 Å². The van der Waals surface area contributed by atoms with Crippen LogP contribution in [0, 0.1) is 22.7 Å². The highest BCUT2D eigenvalue weighted by Crippen LogP contribution is 2.21. The SMILES string of the molecule is CC(C)(C)n1nnnc1SCC(=O)N(CCC#N)CCC#N. The van der Waals surface area contributed by atoms with Gasteiger partial charge in [-0.1, -0.05) is 11.8 Å². The van der Waals surface area contributed by atoms with E-state index in [9.17, 15) is 4.79 Å². The van der Waals surface area contributed by atoms with Gasteiger partial charge in [0.25, 0.3) is 0 Å². The second-order valence-electron chi connectivity index (χ2n) is 5.53. The first-order valence-electron chi connectivity index (χ1n) is 6.83. The summed E-state index contributed by atoms with van der Waals surface area (Å²) in [7, 11) is 0. The van der Waals surface area contributed by atoms with Crippen molar-refractivity contribution >= 4 is 17.7 Å². The van der Waals surface area contributed by atoms with E-state index in [-0.39, 0.29) is 30.0 Å². The van der Waals surface area contributed by atoms with Crippen LogP contribution in [0.5, 0.6) is 0 Å². The van der Waals surface area contributed by atoms with Gasteiger partial charge >= 0.3 is 0 Å². The molecule has 8 nitrogen and oxygen atoms in total. The Hall–Kier alpha value is -2.13. The van der Waals surface area contributed by atoms with Gasteiger partial charge in [-0.25, -0.2) is 4.68 Å². The summed E-state index contributed by atoms with van der Waals surface area (Å²) in [5.41, 5.74) is -0.268. The molecule has 0 aliphatic heterocycles. The summed E-state index contributed by atoms with van der Waals surface area (Å²) in [6, 6.07) is 4.02. The van der Waals surface area contributed by atoms with Gasteiger partial charge in [-0.3, -0.25) is 4.79 Å². The maximum Gasteiger partial charge on any atom is 0.233 e. The van der Waals surface area contributed by atoms with Crippen LogP contribution in [-0.4, -0.2) is 49.9 Å². The third kappa shape index (κ3) is 5.34. The molecule has 118 valence electrons. The molecule has 0 bridgehead atoms. The van der Waals surface area contributed by atoms with Crippen LogP contribution in [0.15, 0.2) is 5.16 Å². The van der Waals surface area contributed by atoms with Crippen molar-refractivity contribution < 1.29 is 4.79 Å². The van der Waals surface area contributed by atoms with Crippen LogP contribution in [0.2, 0.25) is 0 Å². The molecular weight excluding hydrogens is 302 g/mol. The van der Waals surface area contributed by atoms with Crippen LogP contribution in [0.4, 0.5) is 0 Å². The minimum atomic E-state index is -0.268. The molecule has 0 radical (unpaired) electrons. The Morgan fingerprint density at radius 3 is 2.36 bits per heavy atom. The van der Waals surface area contributed by atoms with Gasteiger partial charge in [0, 0.05) is 13.1 Å². The largest absolute Gasteiger partial charge is 0.340 e. The Labute approximate surface area is 134 Å². The number of hydrogen-bond donors (Lipinski definition) is 0. The maximum atomic E-state index is 12.2. The quantitative estimate of drug-likeness (QED) is 0.693. The fraction of sp³-hybridized carbons (Fsp3) is 0.692. The average Bonchev–Trinajstić information content (AvgIpc) is 2.93. The van der Waals surface area contributed by atoms with Gasteiger partial charge in [0.1, 0.15) is 0 Å². The van der Waals surface area contributed by atoms with Gasteiger partial charge in [0.2, 0.25) is 11.1 Å². The zero-order chi connectivity index (χ0) is 16.6. The summed E-state index contributed by atoms with van der Waals surface area (Å²) in [6.45, 7) is 6.59. The Kier molecular flexibility index (Phi) is 6.80. The number of amides is 1.